The molecule has 3 aromatic rings. The maximum atomic E-state index is 12.9. The van der Waals surface area contributed by atoms with Crippen LogP contribution in [0.1, 0.15) is 40.5 Å². The average Bonchev–Trinajstić information content (AvgIpc) is 3.37. The number of aromatic nitrogens is 3. The molecule has 1 saturated carbocycles. The van der Waals surface area contributed by atoms with E-state index in [9.17, 15) is 4.79 Å². The summed E-state index contributed by atoms with van der Waals surface area (Å²) in [5.74, 6) is 0.0470. The van der Waals surface area contributed by atoms with Crippen molar-refractivity contribution in [2.45, 2.75) is 25.7 Å². The van der Waals surface area contributed by atoms with Crippen LogP contribution in [0, 0.1) is 6.92 Å². The smallest absolute Gasteiger partial charge is 0.344 e. The average molecular weight is 376 g/mol. The minimum absolute atomic E-state index is 0.162. The largest absolute Gasteiger partial charge is 0.420 e. The van der Waals surface area contributed by atoms with Crippen molar-refractivity contribution in [1.82, 2.24) is 14.8 Å². The lowest BCUT2D eigenvalue weighted by atomic mass is 10.1. The van der Waals surface area contributed by atoms with E-state index in [1.54, 1.807) is 22.9 Å². The van der Waals surface area contributed by atoms with Gasteiger partial charge in [-0.3, -0.25) is 4.68 Å². The molecule has 0 spiro atoms. The highest BCUT2D eigenvalue weighted by molar-refractivity contribution is 6.37. The number of pyridine rings is 1. The van der Waals surface area contributed by atoms with Crippen LogP contribution in [-0.4, -0.2) is 20.7 Å². The molecule has 4 rings (SSSR count). The molecule has 1 aliphatic carbocycles. The highest BCUT2D eigenvalue weighted by Crippen LogP contribution is 2.41. The maximum absolute atomic E-state index is 12.9. The monoisotopic (exact) mass is 375 g/mol. The van der Waals surface area contributed by atoms with E-state index in [0.717, 1.165) is 24.2 Å². The predicted molar refractivity (Wildman–Crippen MR) is 96.6 cm³/mol. The van der Waals surface area contributed by atoms with E-state index >= 15 is 0 Å². The minimum atomic E-state index is -0.514. The quantitative estimate of drug-likeness (QED) is 0.492. The standard InChI is InChI=1S/C18H15Cl2N3O2/c1-9-15-11(18(24)25-16-12(19)4-3-5-13(16)20)8-14(10-6-7-10)21-17(15)23(2)22-9/h3-5,8,10H,6-7H2,1-2H3. The van der Waals surface area contributed by atoms with Gasteiger partial charge in [-0.05, 0) is 38.0 Å². The first-order valence-corrected chi connectivity index (χ1v) is 8.71. The molecular weight excluding hydrogens is 361 g/mol. The molecular formula is C18H15Cl2N3O2. The van der Waals surface area contributed by atoms with E-state index < -0.39 is 5.97 Å². The summed E-state index contributed by atoms with van der Waals surface area (Å²) in [4.78, 5) is 17.6. The Labute approximate surface area is 154 Å². The minimum Gasteiger partial charge on any atom is -0.420 e. The van der Waals surface area contributed by atoms with E-state index in [-0.39, 0.29) is 15.8 Å². The second-order valence-electron chi connectivity index (χ2n) is 6.22. The molecule has 1 aliphatic rings. The Morgan fingerprint density at radius 3 is 2.60 bits per heavy atom. The number of hydrogen-bond donors (Lipinski definition) is 0. The van der Waals surface area contributed by atoms with Crippen molar-refractivity contribution in [3.63, 3.8) is 0 Å². The molecule has 7 heteroatoms. The summed E-state index contributed by atoms with van der Waals surface area (Å²) >= 11 is 12.2. The number of carbonyl (C=O) groups excluding carboxylic acids is 1. The number of para-hydroxylation sites is 1. The lowest BCUT2D eigenvalue weighted by Gasteiger charge is -2.10. The molecule has 1 aromatic carbocycles. The second-order valence-corrected chi connectivity index (χ2v) is 7.03. The summed E-state index contributed by atoms with van der Waals surface area (Å²) in [5, 5.41) is 5.66. The summed E-state index contributed by atoms with van der Waals surface area (Å²) in [6.07, 6.45) is 2.17. The van der Waals surface area contributed by atoms with Crippen LogP contribution in [0.5, 0.6) is 5.75 Å². The summed E-state index contributed by atoms with van der Waals surface area (Å²) in [6.45, 7) is 1.85. The number of halogens is 2. The molecule has 5 nitrogen and oxygen atoms in total. The molecule has 2 heterocycles. The zero-order valence-corrected chi connectivity index (χ0v) is 15.2. The lowest BCUT2D eigenvalue weighted by molar-refractivity contribution is 0.0736. The molecule has 0 N–H and O–H groups in total. The molecule has 0 radical (unpaired) electrons. The fraction of sp³-hybridized carbons (Fsp3) is 0.278. The van der Waals surface area contributed by atoms with E-state index in [1.165, 1.54) is 0 Å². The van der Waals surface area contributed by atoms with Gasteiger partial charge < -0.3 is 4.74 Å². The number of aryl methyl sites for hydroxylation is 2. The van der Waals surface area contributed by atoms with Gasteiger partial charge in [-0.2, -0.15) is 5.10 Å². The Kier molecular flexibility index (Phi) is 3.93. The third kappa shape index (κ3) is 2.87. The highest BCUT2D eigenvalue weighted by Gasteiger charge is 2.29. The molecule has 0 bridgehead atoms. The highest BCUT2D eigenvalue weighted by atomic mass is 35.5. The first-order valence-electron chi connectivity index (χ1n) is 7.96. The second kappa shape index (κ2) is 6.00. The van der Waals surface area contributed by atoms with Crippen molar-refractivity contribution in [1.29, 1.82) is 0 Å². The van der Waals surface area contributed by atoms with E-state index in [1.807, 2.05) is 20.0 Å². The van der Waals surface area contributed by atoms with Crippen molar-refractivity contribution in [3.8, 4) is 5.75 Å². The summed E-state index contributed by atoms with van der Waals surface area (Å²) in [5.41, 5.74) is 2.74. The first kappa shape index (κ1) is 16.4. The Bertz CT molecular complexity index is 989. The number of fused-ring (bicyclic) bond motifs is 1. The van der Waals surface area contributed by atoms with Crippen LogP contribution < -0.4 is 4.74 Å². The third-order valence-corrected chi connectivity index (χ3v) is 4.91. The number of rotatable bonds is 3. The zero-order valence-electron chi connectivity index (χ0n) is 13.7. The van der Waals surface area contributed by atoms with Crippen LogP contribution in [0.15, 0.2) is 24.3 Å². The third-order valence-electron chi connectivity index (χ3n) is 4.32. The van der Waals surface area contributed by atoms with E-state index in [2.05, 4.69) is 10.1 Å². The number of hydrogen-bond acceptors (Lipinski definition) is 4. The SMILES string of the molecule is Cc1nn(C)c2nc(C3CC3)cc(C(=O)Oc3c(Cl)cccc3Cl)c12. The Morgan fingerprint density at radius 1 is 1.28 bits per heavy atom. The predicted octanol–water partition coefficient (Wildman–Crippen LogP) is 4.68. The molecule has 25 heavy (non-hydrogen) atoms. The summed E-state index contributed by atoms with van der Waals surface area (Å²) < 4.78 is 7.21. The van der Waals surface area contributed by atoms with Crippen LogP contribution in [0.4, 0.5) is 0 Å². The molecule has 0 saturated heterocycles. The van der Waals surface area contributed by atoms with Crippen molar-refractivity contribution in [2.75, 3.05) is 0 Å². The normalized spacial score (nSPS) is 14.1. The van der Waals surface area contributed by atoms with Gasteiger partial charge in [-0.25, -0.2) is 9.78 Å². The van der Waals surface area contributed by atoms with Gasteiger partial charge in [0.2, 0.25) is 0 Å². The van der Waals surface area contributed by atoms with Gasteiger partial charge in [0.05, 0.1) is 26.7 Å². The van der Waals surface area contributed by atoms with Crippen molar-refractivity contribution >= 4 is 40.2 Å². The number of ether oxygens (including phenoxy) is 1. The van der Waals surface area contributed by atoms with Gasteiger partial charge in [-0.15, -0.1) is 0 Å². The van der Waals surface area contributed by atoms with Gasteiger partial charge in [0, 0.05) is 18.7 Å². The molecule has 128 valence electrons. The van der Waals surface area contributed by atoms with Crippen molar-refractivity contribution in [2.24, 2.45) is 7.05 Å². The van der Waals surface area contributed by atoms with Crippen LogP contribution in [0.2, 0.25) is 10.0 Å². The molecule has 0 aliphatic heterocycles. The number of carbonyl (C=O) groups is 1. The van der Waals surface area contributed by atoms with Gasteiger partial charge in [0.15, 0.2) is 11.4 Å². The number of esters is 1. The zero-order chi connectivity index (χ0) is 17.7. The van der Waals surface area contributed by atoms with Crippen LogP contribution in [0.3, 0.4) is 0 Å². The Morgan fingerprint density at radius 2 is 1.96 bits per heavy atom. The summed E-state index contributed by atoms with van der Waals surface area (Å²) in [7, 11) is 1.82. The number of nitrogens with zero attached hydrogens (tertiary/aromatic N) is 3. The molecule has 1 fully saturated rings. The maximum Gasteiger partial charge on any atom is 0.344 e. The van der Waals surface area contributed by atoms with Gasteiger partial charge in [0.1, 0.15) is 0 Å². The molecule has 0 atom stereocenters. The lowest BCUT2D eigenvalue weighted by Crippen LogP contribution is -2.11. The Hall–Kier alpha value is -2.11. The number of benzene rings is 1. The summed E-state index contributed by atoms with van der Waals surface area (Å²) in [6, 6.07) is 6.76. The topological polar surface area (TPSA) is 57.0 Å². The van der Waals surface area contributed by atoms with Crippen LogP contribution in [-0.2, 0) is 7.05 Å². The van der Waals surface area contributed by atoms with Crippen molar-refractivity contribution in [3.05, 3.63) is 51.3 Å². The molecule has 0 amide bonds. The molecule has 0 unspecified atom stereocenters. The van der Waals surface area contributed by atoms with E-state index in [0.29, 0.717) is 22.5 Å². The van der Waals surface area contributed by atoms with Crippen LogP contribution in [0.25, 0.3) is 11.0 Å². The van der Waals surface area contributed by atoms with Crippen molar-refractivity contribution < 1.29 is 9.53 Å². The van der Waals surface area contributed by atoms with Gasteiger partial charge >= 0.3 is 5.97 Å². The fourth-order valence-electron chi connectivity index (χ4n) is 2.94. The van der Waals surface area contributed by atoms with Gasteiger partial charge in [0.25, 0.3) is 0 Å². The fourth-order valence-corrected chi connectivity index (χ4v) is 3.42. The Balaban J connectivity index is 1.83. The van der Waals surface area contributed by atoms with E-state index in [4.69, 9.17) is 27.9 Å². The first-order chi connectivity index (χ1) is 12.0. The van der Waals surface area contributed by atoms with Crippen LogP contribution >= 0.6 is 23.2 Å². The molecule has 2 aromatic heterocycles. The van der Waals surface area contributed by atoms with Gasteiger partial charge in [-0.1, -0.05) is 29.3 Å².